The van der Waals surface area contributed by atoms with Crippen molar-refractivity contribution in [1.82, 2.24) is 14.3 Å². The lowest BCUT2D eigenvalue weighted by molar-refractivity contribution is 0.521. The van der Waals surface area contributed by atoms with Gasteiger partial charge in [-0.2, -0.15) is 0 Å². The van der Waals surface area contributed by atoms with Crippen molar-refractivity contribution >= 4 is 26.6 Å². The van der Waals surface area contributed by atoms with E-state index in [9.17, 15) is 8.42 Å². The van der Waals surface area contributed by atoms with Crippen LogP contribution >= 0.6 is 0 Å². The Morgan fingerprint density at radius 2 is 1.85 bits per heavy atom. The first kappa shape index (κ1) is 18.0. The first-order valence-electron chi connectivity index (χ1n) is 9.13. The fourth-order valence-electron chi connectivity index (χ4n) is 3.61. The number of aromatic amines is 1. The number of pyridine rings is 1. The van der Waals surface area contributed by atoms with Crippen LogP contribution in [0.3, 0.4) is 0 Å². The van der Waals surface area contributed by atoms with Crippen LogP contribution in [0.4, 0.5) is 5.69 Å². The lowest BCUT2D eigenvalue weighted by atomic mass is 10.1. The van der Waals surface area contributed by atoms with Crippen molar-refractivity contribution in [1.29, 1.82) is 0 Å². The van der Waals surface area contributed by atoms with Crippen LogP contribution in [-0.4, -0.2) is 49.9 Å². The van der Waals surface area contributed by atoms with Crippen LogP contribution in [0.1, 0.15) is 18.5 Å². The van der Waals surface area contributed by atoms with E-state index in [0.29, 0.717) is 4.90 Å². The summed E-state index contributed by atoms with van der Waals surface area (Å²) in [4.78, 5) is 10.4. The van der Waals surface area contributed by atoms with Gasteiger partial charge in [0, 0.05) is 66.9 Å². The molecular formula is C20H24N4O2S. The minimum atomic E-state index is -3.50. The van der Waals surface area contributed by atoms with E-state index in [4.69, 9.17) is 0 Å². The topological polar surface area (TPSA) is 69.3 Å². The molecule has 6 nitrogen and oxygen atoms in total. The number of benzene rings is 1. The summed E-state index contributed by atoms with van der Waals surface area (Å²) >= 11 is 0. The maximum Gasteiger partial charge on any atom is 0.242 e. The average molecular weight is 385 g/mol. The molecule has 0 atom stereocenters. The Labute approximate surface area is 159 Å². The first-order valence-corrected chi connectivity index (χ1v) is 10.6. The van der Waals surface area contributed by atoms with Crippen LogP contribution in [0.5, 0.6) is 0 Å². The van der Waals surface area contributed by atoms with Crippen molar-refractivity contribution < 1.29 is 8.42 Å². The van der Waals surface area contributed by atoms with Gasteiger partial charge in [-0.05, 0) is 50.1 Å². The van der Waals surface area contributed by atoms with Crippen molar-refractivity contribution in [2.75, 3.05) is 32.1 Å². The number of aryl methyl sites for hydroxylation is 1. The van der Waals surface area contributed by atoms with E-state index in [-0.39, 0.29) is 0 Å². The number of rotatable bonds is 4. The Kier molecular flexibility index (Phi) is 4.44. The third-order valence-corrected chi connectivity index (χ3v) is 6.94. The molecule has 4 rings (SSSR count). The van der Waals surface area contributed by atoms with Gasteiger partial charge in [-0.25, -0.2) is 12.7 Å². The monoisotopic (exact) mass is 384 g/mol. The smallest absolute Gasteiger partial charge is 0.242 e. The molecule has 7 heteroatoms. The molecule has 0 spiro atoms. The summed E-state index contributed by atoms with van der Waals surface area (Å²) in [6, 6.07) is 9.48. The highest BCUT2D eigenvalue weighted by atomic mass is 32.2. The van der Waals surface area contributed by atoms with Crippen LogP contribution < -0.4 is 4.90 Å². The molecule has 3 heterocycles. The second-order valence-corrected chi connectivity index (χ2v) is 9.41. The van der Waals surface area contributed by atoms with E-state index < -0.39 is 10.0 Å². The van der Waals surface area contributed by atoms with Gasteiger partial charge in [-0.1, -0.05) is 0 Å². The zero-order valence-electron chi connectivity index (χ0n) is 15.9. The molecule has 1 aliphatic rings. The summed E-state index contributed by atoms with van der Waals surface area (Å²) in [5.41, 5.74) is 4.84. The highest BCUT2D eigenvalue weighted by Crippen LogP contribution is 2.36. The maximum absolute atomic E-state index is 12.7. The van der Waals surface area contributed by atoms with E-state index in [1.54, 1.807) is 26.2 Å². The molecule has 0 aliphatic carbocycles. The summed E-state index contributed by atoms with van der Waals surface area (Å²) in [7, 11) is -0.383. The molecule has 0 bridgehead atoms. The van der Waals surface area contributed by atoms with Gasteiger partial charge in [0.1, 0.15) is 0 Å². The molecule has 3 aromatic rings. The van der Waals surface area contributed by atoms with Gasteiger partial charge in [0.15, 0.2) is 0 Å². The van der Waals surface area contributed by atoms with Crippen molar-refractivity contribution in [3.63, 3.8) is 0 Å². The minimum absolute atomic E-state index is 0.304. The molecule has 0 radical (unpaired) electrons. The Balaban J connectivity index is 1.91. The molecule has 27 heavy (non-hydrogen) atoms. The van der Waals surface area contributed by atoms with E-state index in [0.717, 1.165) is 59.5 Å². The predicted octanol–water partition coefficient (Wildman–Crippen LogP) is 3.39. The van der Waals surface area contributed by atoms with Gasteiger partial charge in [-0.3, -0.25) is 4.98 Å². The Bertz CT molecular complexity index is 1100. The highest BCUT2D eigenvalue weighted by molar-refractivity contribution is 7.89. The lowest BCUT2D eigenvalue weighted by Crippen LogP contribution is -2.23. The molecule has 2 aromatic heterocycles. The minimum Gasteiger partial charge on any atom is -0.371 e. The van der Waals surface area contributed by atoms with Crippen LogP contribution in [0.15, 0.2) is 41.4 Å². The van der Waals surface area contributed by atoms with E-state index in [2.05, 4.69) is 14.9 Å². The SMILES string of the molecule is Cc1cc2[nH]c(-c3cc(S(=O)(=O)N(C)C)ccc3N3CCCC3)cc2cn1. The van der Waals surface area contributed by atoms with E-state index in [1.807, 2.05) is 31.3 Å². The number of nitrogens with zero attached hydrogens (tertiary/aromatic N) is 3. The van der Waals surface area contributed by atoms with Gasteiger partial charge in [-0.15, -0.1) is 0 Å². The Morgan fingerprint density at radius 3 is 2.56 bits per heavy atom. The molecule has 0 unspecified atom stereocenters. The third-order valence-electron chi connectivity index (χ3n) is 5.12. The second kappa shape index (κ2) is 6.65. The molecule has 0 amide bonds. The number of hydrogen-bond acceptors (Lipinski definition) is 4. The zero-order chi connectivity index (χ0) is 19.2. The molecule has 1 saturated heterocycles. The summed E-state index contributed by atoms with van der Waals surface area (Å²) in [6.45, 7) is 3.95. The second-order valence-electron chi connectivity index (χ2n) is 7.26. The number of sulfonamides is 1. The normalized spacial score (nSPS) is 15.2. The Hall–Kier alpha value is -2.38. The van der Waals surface area contributed by atoms with Crippen LogP contribution in [0, 0.1) is 6.92 Å². The van der Waals surface area contributed by atoms with Crippen LogP contribution in [0.2, 0.25) is 0 Å². The summed E-state index contributed by atoms with van der Waals surface area (Å²) in [5, 5.41) is 1.02. The van der Waals surface area contributed by atoms with Crippen LogP contribution in [-0.2, 0) is 10.0 Å². The molecule has 1 aromatic carbocycles. The molecule has 1 N–H and O–H groups in total. The van der Waals surface area contributed by atoms with E-state index >= 15 is 0 Å². The van der Waals surface area contributed by atoms with Crippen molar-refractivity contribution in [2.45, 2.75) is 24.7 Å². The number of fused-ring (bicyclic) bond motifs is 1. The quantitative estimate of drug-likeness (QED) is 0.749. The zero-order valence-corrected chi connectivity index (χ0v) is 16.7. The summed E-state index contributed by atoms with van der Waals surface area (Å²) in [5.74, 6) is 0. The predicted molar refractivity (Wildman–Crippen MR) is 109 cm³/mol. The largest absolute Gasteiger partial charge is 0.371 e. The number of H-pyrrole nitrogens is 1. The van der Waals surface area contributed by atoms with Crippen LogP contribution in [0.25, 0.3) is 22.2 Å². The standard InChI is InChI=1S/C20H24N4O2S/c1-14-10-18-15(13-21-14)11-19(22-18)17-12-16(27(25,26)23(2)3)6-7-20(17)24-8-4-5-9-24/h6-7,10-13,22H,4-5,8-9H2,1-3H3. The fraction of sp³-hybridized carbons (Fsp3) is 0.350. The highest BCUT2D eigenvalue weighted by Gasteiger charge is 2.23. The van der Waals surface area contributed by atoms with Gasteiger partial charge >= 0.3 is 0 Å². The number of hydrogen-bond donors (Lipinski definition) is 1. The van der Waals surface area contributed by atoms with Crippen molar-refractivity contribution in [3.05, 3.63) is 42.2 Å². The van der Waals surface area contributed by atoms with E-state index in [1.165, 1.54) is 4.31 Å². The number of nitrogens with one attached hydrogen (secondary N) is 1. The third kappa shape index (κ3) is 3.21. The molecule has 1 aliphatic heterocycles. The van der Waals surface area contributed by atoms with Gasteiger partial charge in [0.25, 0.3) is 0 Å². The first-order chi connectivity index (χ1) is 12.9. The number of aromatic nitrogens is 2. The van der Waals surface area contributed by atoms with Crippen molar-refractivity contribution in [2.24, 2.45) is 0 Å². The van der Waals surface area contributed by atoms with Gasteiger partial charge < -0.3 is 9.88 Å². The lowest BCUT2D eigenvalue weighted by Gasteiger charge is -2.22. The maximum atomic E-state index is 12.7. The fourth-order valence-corrected chi connectivity index (χ4v) is 4.54. The molecule has 142 valence electrons. The van der Waals surface area contributed by atoms with Gasteiger partial charge in [0.05, 0.1) is 4.90 Å². The summed E-state index contributed by atoms with van der Waals surface area (Å²) in [6.07, 6.45) is 4.17. The Morgan fingerprint density at radius 1 is 1.11 bits per heavy atom. The van der Waals surface area contributed by atoms with Gasteiger partial charge in [0.2, 0.25) is 10.0 Å². The molecule has 1 fully saturated rings. The molecular weight excluding hydrogens is 360 g/mol. The van der Waals surface area contributed by atoms with Crippen molar-refractivity contribution in [3.8, 4) is 11.3 Å². The number of anilines is 1. The molecule has 0 saturated carbocycles. The average Bonchev–Trinajstić information content (AvgIpc) is 3.30. The summed E-state index contributed by atoms with van der Waals surface area (Å²) < 4.78 is 26.6.